The van der Waals surface area contributed by atoms with Gasteiger partial charge in [-0.1, -0.05) is 48.0 Å². The first-order chi connectivity index (χ1) is 13.5. The van der Waals surface area contributed by atoms with Crippen molar-refractivity contribution >= 4 is 23.4 Å². The van der Waals surface area contributed by atoms with Crippen molar-refractivity contribution in [2.24, 2.45) is 0 Å². The maximum Gasteiger partial charge on any atom is 0.251 e. The minimum absolute atomic E-state index is 0.0680. The molecule has 0 aliphatic rings. The number of nitrogens with one attached hydrogen (secondary N) is 2. The zero-order valence-corrected chi connectivity index (χ0v) is 15.7. The number of carbonyl (C=O) groups excluding carboxylic acids is 2. The van der Waals surface area contributed by atoms with Gasteiger partial charge in [0.25, 0.3) is 11.8 Å². The fourth-order valence-electron chi connectivity index (χ4n) is 2.61. The lowest BCUT2D eigenvalue weighted by Gasteiger charge is -2.09. The standard InChI is InChI=1S/C22H18ClFN2O2/c23-19-10-8-15(9-11-19)13-25-21(27)16-5-3-6-17(12-16)22(28)26-14-18-4-1-2-7-20(18)24/h1-12H,13-14H2,(H,25,27)(H,26,28). The molecule has 0 atom stereocenters. The van der Waals surface area contributed by atoms with Gasteiger partial charge in [-0.15, -0.1) is 0 Å². The molecule has 0 heterocycles. The molecule has 0 spiro atoms. The van der Waals surface area contributed by atoms with Crippen molar-refractivity contribution in [3.05, 3.63) is 106 Å². The van der Waals surface area contributed by atoms with E-state index in [1.54, 1.807) is 48.5 Å². The van der Waals surface area contributed by atoms with E-state index in [1.165, 1.54) is 12.1 Å². The van der Waals surface area contributed by atoms with Gasteiger partial charge in [-0.2, -0.15) is 0 Å². The molecule has 0 fully saturated rings. The van der Waals surface area contributed by atoms with Gasteiger partial charge in [0.1, 0.15) is 5.82 Å². The summed E-state index contributed by atoms with van der Waals surface area (Å²) < 4.78 is 13.6. The van der Waals surface area contributed by atoms with Crippen LogP contribution in [-0.2, 0) is 13.1 Å². The number of hydrogen-bond donors (Lipinski definition) is 2. The lowest BCUT2D eigenvalue weighted by atomic mass is 10.1. The molecule has 0 aliphatic carbocycles. The molecule has 3 rings (SSSR count). The lowest BCUT2D eigenvalue weighted by molar-refractivity contribution is 0.0950. The third-order valence-corrected chi connectivity index (χ3v) is 4.40. The van der Waals surface area contributed by atoms with E-state index in [-0.39, 0.29) is 24.2 Å². The van der Waals surface area contributed by atoms with Crippen LogP contribution in [0.3, 0.4) is 0 Å². The monoisotopic (exact) mass is 396 g/mol. The Morgan fingerprint density at radius 3 is 2.04 bits per heavy atom. The highest BCUT2D eigenvalue weighted by Crippen LogP contribution is 2.11. The first-order valence-electron chi connectivity index (χ1n) is 8.67. The Bertz CT molecular complexity index is 990. The lowest BCUT2D eigenvalue weighted by Crippen LogP contribution is -2.25. The normalized spacial score (nSPS) is 10.4. The summed E-state index contributed by atoms with van der Waals surface area (Å²) in [6.45, 7) is 0.415. The van der Waals surface area contributed by atoms with E-state index in [2.05, 4.69) is 10.6 Å². The number of amides is 2. The number of rotatable bonds is 6. The molecule has 0 saturated heterocycles. The topological polar surface area (TPSA) is 58.2 Å². The van der Waals surface area contributed by atoms with Crippen LogP contribution < -0.4 is 10.6 Å². The van der Waals surface area contributed by atoms with Crippen molar-refractivity contribution in [2.75, 3.05) is 0 Å². The van der Waals surface area contributed by atoms with Gasteiger partial charge in [-0.3, -0.25) is 9.59 Å². The fourth-order valence-corrected chi connectivity index (χ4v) is 2.73. The molecule has 2 N–H and O–H groups in total. The summed E-state index contributed by atoms with van der Waals surface area (Å²) in [4.78, 5) is 24.7. The van der Waals surface area contributed by atoms with Crippen LogP contribution in [0.15, 0.2) is 72.8 Å². The van der Waals surface area contributed by atoms with E-state index in [0.717, 1.165) is 5.56 Å². The number of halogens is 2. The molecule has 0 unspecified atom stereocenters. The van der Waals surface area contributed by atoms with Crippen LogP contribution in [0.2, 0.25) is 5.02 Å². The van der Waals surface area contributed by atoms with E-state index in [4.69, 9.17) is 11.6 Å². The van der Waals surface area contributed by atoms with Gasteiger partial charge in [0.2, 0.25) is 0 Å². The first kappa shape index (κ1) is 19.6. The van der Waals surface area contributed by atoms with E-state index in [1.807, 2.05) is 12.1 Å². The predicted molar refractivity (Wildman–Crippen MR) is 107 cm³/mol. The first-order valence-corrected chi connectivity index (χ1v) is 9.05. The van der Waals surface area contributed by atoms with Gasteiger partial charge >= 0.3 is 0 Å². The quantitative estimate of drug-likeness (QED) is 0.651. The van der Waals surface area contributed by atoms with Crippen LogP contribution in [0.1, 0.15) is 31.8 Å². The molecule has 3 aromatic carbocycles. The molecule has 0 bridgehead atoms. The number of benzene rings is 3. The smallest absolute Gasteiger partial charge is 0.251 e. The largest absolute Gasteiger partial charge is 0.348 e. The summed E-state index contributed by atoms with van der Waals surface area (Å²) in [6.07, 6.45) is 0. The van der Waals surface area contributed by atoms with Gasteiger partial charge in [0.05, 0.1) is 0 Å². The van der Waals surface area contributed by atoms with Crippen molar-refractivity contribution in [1.29, 1.82) is 0 Å². The van der Waals surface area contributed by atoms with Gasteiger partial charge in [-0.25, -0.2) is 4.39 Å². The molecule has 6 heteroatoms. The van der Waals surface area contributed by atoms with Gasteiger partial charge in [0, 0.05) is 34.8 Å². The summed E-state index contributed by atoms with van der Waals surface area (Å²) in [5.41, 5.74) is 2.01. The summed E-state index contributed by atoms with van der Waals surface area (Å²) in [7, 11) is 0. The maximum atomic E-state index is 13.6. The number of hydrogen-bond acceptors (Lipinski definition) is 2. The van der Waals surface area contributed by atoms with E-state index in [0.29, 0.717) is 28.3 Å². The highest BCUT2D eigenvalue weighted by Gasteiger charge is 2.11. The molecule has 0 aromatic heterocycles. The van der Waals surface area contributed by atoms with Crippen LogP contribution >= 0.6 is 11.6 Å². The average molecular weight is 397 g/mol. The third-order valence-electron chi connectivity index (χ3n) is 4.15. The van der Waals surface area contributed by atoms with Crippen LogP contribution in [-0.4, -0.2) is 11.8 Å². The minimum Gasteiger partial charge on any atom is -0.348 e. The van der Waals surface area contributed by atoms with Crippen LogP contribution in [0.4, 0.5) is 4.39 Å². The van der Waals surface area contributed by atoms with Crippen molar-refractivity contribution < 1.29 is 14.0 Å². The zero-order chi connectivity index (χ0) is 19.9. The second kappa shape index (κ2) is 9.15. The zero-order valence-electron chi connectivity index (χ0n) is 14.9. The number of carbonyl (C=O) groups is 2. The Labute approximate surface area is 167 Å². The molecule has 0 aliphatic heterocycles. The Hall–Kier alpha value is -3.18. The van der Waals surface area contributed by atoms with Crippen LogP contribution in [0.5, 0.6) is 0 Å². The molecular weight excluding hydrogens is 379 g/mol. The Morgan fingerprint density at radius 2 is 1.39 bits per heavy atom. The SMILES string of the molecule is O=C(NCc1ccc(Cl)cc1)c1cccc(C(=O)NCc2ccccc2F)c1. The molecule has 28 heavy (non-hydrogen) atoms. The van der Waals surface area contributed by atoms with Gasteiger partial charge in [0.15, 0.2) is 0 Å². The van der Waals surface area contributed by atoms with Crippen LogP contribution in [0.25, 0.3) is 0 Å². The highest BCUT2D eigenvalue weighted by molar-refractivity contribution is 6.30. The van der Waals surface area contributed by atoms with E-state index in [9.17, 15) is 14.0 Å². The van der Waals surface area contributed by atoms with Gasteiger partial charge in [-0.05, 0) is 42.0 Å². The summed E-state index contributed by atoms with van der Waals surface area (Å²) in [5, 5.41) is 6.09. The van der Waals surface area contributed by atoms with Crippen molar-refractivity contribution in [3.63, 3.8) is 0 Å². The Kier molecular flexibility index (Phi) is 6.40. The second-order valence-corrected chi connectivity index (χ2v) is 6.60. The molecule has 4 nitrogen and oxygen atoms in total. The van der Waals surface area contributed by atoms with E-state index < -0.39 is 0 Å². The minimum atomic E-state index is -0.379. The van der Waals surface area contributed by atoms with E-state index >= 15 is 0 Å². The average Bonchev–Trinajstić information content (AvgIpc) is 2.72. The summed E-state index contributed by atoms with van der Waals surface area (Å²) in [5.74, 6) is -1.05. The predicted octanol–water partition coefficient (Wildman–Crippen LogP) is 4.34. The molecule has 142 valence electrons. The van der Waals surface area contributed by atoms with Crippen molar-refractivity contribution in [1.82, 2.24) is 10.6 Å². The van der Waals surface area contributed by atoms with Crippen molar-refractivity contribution in [3.8, 4) is 0 Å². The fraction of sp³-hybridized carbons (Fsp3) is 0.0909. The summed E-state index contributed by atoms with van der Waals surface area (Å²) in [6, 6.07) is 19.8. The molecule has 0 saturated carbocycles. The Balaban J connectivity index is 1.60. The molecule has 3 aromatic rings. The van der Waals surface area contributed by atoms with Crippen molar-refractivity contribution in [2.45, 2.75) is 13.1 Å². The maximum absolute atomic E-state index is 13.6. The van der Waals surface area contributed by atoms with Gasteiger partial charge < -0.3 is 10.6 Å². The molecule has 2 amide bonds. The van der Waals surface area contributed by atoms with Crippen LogP contribution in [0, 0.1) is 5.82 Å². The molecule has 0 radical (unpaired) electrons. The second-order valence-electron chi connectivity index (χ2n) is 6.16. The molecular formula is C22H18ClFN2O2. The summed E-state index contributed by atoms with van der Waals surface area (Å²) >= 11 is 5.84. The highest BCUT2D eigenvalue weighted by atomic mass is 35.5. The Morgan fingerprint density at radius 1 is 0.786 bits per heavy atom. The third kappa shape index (κ3) is 5.18.